The van der Waals surface area contributed by atoms with Gasteiger partial charge < -0.3 is 9.52 Å². The van der Waals surface area contributed by atoms with Crippen LogP contribution >= 0.6 is 0 Å². The lowest BCUT2D eigenvalue weighted by Crippen LogP contribution is -2.01. The van der Waals surface area contributed by atoms with E-state index in [-0.39, 0.29) is 16.9 Å². The molecule has 2 rings (SSSR count). The maximum absolute atomic E-state index is 11.4. The SMILES string of the molecule is CC.Cc1oc2ccccc2c(=O)c1O. The van der Waals surface area contributed by atoms with Gasteiger partial charge in [0.25, 0.3) is 0 Å². The van der Waals surface area contributed by atoms with Gasteiger partial charge in [0.2, 0.25) is 11.2 Å². The molecule has 0 aliphatic carbocycles. The lowest BCUT2D eigenvalue weighted by Gasteiger charge is -1.99. The lowest BCUT2D eigenvalue weighted by molar-refractivity contribution is 0.427. The van der Waals surface area contributed by atoms with E-state index < -0.39 is 0 Å². The summed E-state index contributed by atoms with van der Waals surface area (Å²) in [7, 11) is 0. The monoisotopic (exact) mass is 206 g/mol. The van der Waals surface area contributed by atoms with Gasteiger partial charge in [0, 0.05) is 0 Å². The highest BCUT2D eigenvalue weighted by Crippen LogP contribution is 2.17. The van der Waals surface area contributed by atoms with Crippen molar-refractivity contribution in [3.63, 3.8) is 0 Å². The molecule has 0 aliphatic rings. The summed E-state index contributed by atoms with van der Waals surface area (Å²) >= 11 is 0. The first-order valence-corrected chi connectivity index (χ1v) is 4.91. The van der Waals surface area contributed by atoms with Crippen LogP contribution in [0.5, 0.6) is 5.75 Å². The van der Waals surface area contributed by atoms with Crippen LogP contribution in [0.4, 0.5) is 0 Å². The molecule has 1 N–H and O–H groups in total. The van der Waals surface area contributed by atoms with Gasteiger partial charge in [-0.25, -0.2) is 0 Å². The molecule has 0 spiro atoms. The number of rotatable bonds is 0. The standard InChI is InChI=1S/C10H8O3.C2H6/c1-6-9(11)10(12)7-4-2-3-5-8(7)13-6;1-2/h2-5,11H,1H3;1-2H3. The molecule has 1 aromatic heterocycles. The molecule has 0 unspecified atom stereocenters. The van der Waals surface area contributed by atoms with E-state index in [0.717, 1.165) is 0 Å². The smallest absolute Gasteiger partial charge is 0.234 e. The second-order valence-corrected chi connectivity index (χ2v) is 2.83. The Morgan fingerprint density at radius 1 is 1.20 bits per heavy atom. The second-order valence-electron chi connectivity index (χ2n) is 2.83. The number of hydrogen-bond donors (Lipinski definition) is 1. The number of para-hydroxylation sites is 1. The molecule has 0 radical (unpaired) electrons. The maximum atomic E-state index is 11.4. The third kappa shape index (κ3) is 2.01. The molecule has 0 amide bonds. The summed E-state index contributed by atoms with van der Waals surface area (Å²) in [5.41, 5.74) is 0.127. The fourth-order valence-electron chi connectivity index (χ4n) is 1.24. The van der Waals surface area contributed by atoms with E-state index in [1.165, 1.54) is 0 Å². The predicted molar refractivity (Wildman–Crippen MR) is 60.2 cm³/mol. The van der Waals surface area contributed by atoms with Gasteiger partial charge in [0.1, 0.15) is 11.3 Å². The van der Waals surface area contributed by atoms with Crippen LogP contribution in [-0.2, 0) is 0 Å². The van der Waals surface area contributed by atoms with E-state index in [1.807, 2.05) is 13.8 Å². The lowest BCUT2D eigenvalue weighted by atomic mass is 10.2. The van der Waals surface area contributed by atoms with Gasteiger partial charge in [-0.3, -0.25) is 4.79 Å². The Hall–Kier alpha value is -1.77. The molecule has 0 atom stereocenters. The largest absolute Gasteiger partial charge is 0.502 e. The topological polar surface area (TPSA) is 50.4 Å². The Labute approximate surface area is 88.0 Å². The fraction of sp³-hybridized carbons (Fsp3) is 0.250. The molecule has 0 bridgehead atoms. The molecule has 2 aromatic rings. The van der Waals surface area contributed by atoms with Crippen molar-refractivity contribution in [3.05, 3.63) is 40.2 Å². The molecule has 1 aromatic carbocycles. The van der Waals surface area contributed by atoms with Gasteiger partial charge in [-0.1, -0.05) is 26.0 Å². The van der Waals surface area contributed by atoms with Gasteiger partial charge >= 0.3 is 0 Å². The number of benzene rings is 1. The van der Waals surface area contributed by atoms with Gasteiger partial charge in [0.05, 0.1) is 5.39 Å². The van der Waals surface area contributed by atoms with Crippen LogP contribution in [0.25, 0.3) is 11.0 Å². The van der Waals surface area contributed by atoms with Gasteiger partial charge in [-0.2, -0.15) is 0 Å². The molecule has 0 saturated carbocycles. The van der Waals surface area contributed by atoms with Crippen molar-refractivity contribution < 1.29 is 9.52 Å². The van der Waals surface area contributed by atoms with Gasteiger partial charge in [0.15, 0.2) is 0 Å². The number of hydrogen-bond acceptors (Lipinski definition) is 3. The van der Waals surface area contributed by atoms with Gasteiger partial charge in [-0.15, -0.1) is 0 Å². The Kier molecular flexibility index (Phi) is 3.50. The van der Waals surface area contributed by atoms with Crippen molar-refractivity contribution in [1.29, 1.82) is 0 Å². The molecule has 15 heavy (non-hydrogen) atoms. The van der Waals surface area contributed by atoms with Crippen LogP contribution < -0.4 is 5.43 Å². The van der Waals surface area contributed by atoms with Crippen molar-refractivity contribution in [2.24, 2.45) is 0 Å². The molecular weight excluding hydrogens is 192 g/mol. The average Bonchev–Trinajstić information content (AvgIpc) is 2.29. The van der Waals surface area contributed by atoms with E-state index in [4.69, 9.17) is 4.42 Å². The minimum atomic E-state index is -0.376. The third-order valence-corrected chi connectivity index (χ3v) is 1.94. The minimum Gasteiger partial charge on any atom is -0.502 e. The highest BCUT2D eigenvalue weighted by Gasteiger charge is 2.08. The minimum absolute atomic E-state index is 0.253. The molecule has 3 nitrogen and oxygen atoms in total. The van der Waals surface area contributed by atoms with Crippen molar-refractivity contribution in [1.82, 2.24) is 0 Å². The summed E-state index contributed by atoms with van der Waals surface area (Å²) in [6.45, 7) is 5.56. The number of fused-ring (bicyclic) bond motifs is 1. The fourth-order valence-corrected chi connectivity index (χ4v) is 1.24. The Morgan fingerprint density at radius 3 is 2.47 bits per heavy atom. The van der Waals surface area contributed by atoms with Crippen molar-refractivity contribution in [2.45, 2.75) is 20.8 Å². The highest BCUT2D eigenvalue weighted by atomic mass is 16.4. The first kappa shape index (κ1) is 11.3. The zero-order valence-electron chi connectivity index (χ0n) is 9.07. The van der Waals surface area contributed by atoms with E-state index in [9.17, 15) is 9.90 Å². The molecular formula is C12H14O3. The van der Waals surface area contributed by atoms with Crippen LogP contribution in [0.1, 0.15) is 19.6 Å². The zero-order valence-corrected chi connectivity index (χ0v) is 9.07. The molecule has 3 heteroatoms. The summed E-state index contributed by atoms with van der Waals surface area (Å²) in [6, 6.07) is 6.83. The summed E-state index contributed by atoms with van der Waals surface area (Å²) in [5, 5.41) is 9.71. The predicted octanol–water partition coefficient (Wildman–Crippen LogP) is 2.83. The van der Waals surface area contributed by atoms with Crippen LogP contribution in [-0.4, -0.2) is 5.11 Å². The normalized spacial score (nSPS) is 9.53. The average molecular weight is 206 g/mol. The first-order valence-electron chi connectivity index (χ1n) is 4.91. The van der Waals surface area contributed by atoms with E-state index >= 15 is 0 Å². The van der Waals surface area contributed by atoms with Crippen LogP contribution in [0.15, 0.2) is 33.5 Å². The van der Waals surface area contributed by atoms with Crippen LogP contribution in [0.2, 0.25) is 0 Å². The third-order valence-electron chi connectivity index (χ3n) is 1.94. The molecule has 0 aliphatic heterocycles. The molecule has 80 valence electrons. The Bertz CT molecular complexity index is 512. The Balaban J connectivity index is 0.000000531. The number of aryl methyl sites for hydroxylation is 1. The van der Waals surface area contributed by atoms with Crippen molar-refractivity contribution >= 4 is 11.0 Å². The molecule has 0 fully saturated rings. The van der Waals surface area contributed by atoms with E-state index in [1.54, 1.807) is 31.2 Å². The summed E-state index contributed by atoms with van der Waals surface area (Å²) in [4.78, 5) is 11.4. The van der Waals surface area contributed by atoms with E-state index in [2.05, 4.69) is 0 Å². The number of aromatic hydroxyl groups is 1. The highest BCUT2D eigenvalue weighted by molar-refractivity contribution is 5.77. The maximum Gasteiger partial charge on any atom is 0.234 e. The van der Waals surface area contributed by atoms with Crippen molar-refractivity contribution in [2.75, 3.05) is 0 Å². The van der Waals surface area contributed by atoms with E-state index in [0.29, 0.717) is 11.0 Å². The summed E-state index contributed by atoms with van der Waals surface area (Å²) < 4.78 is 5.22. The Morgan fingerprint density at radius 2 is 1.80 bits per heavy atom. The van der Waals surface area contributed by atoms with Crippen LogP contribution in [0.3, 0.4) is 0 Å². The zero-order chi connectivity index (χ0) is 11.4. The molecule has 1 heterocycles. The first-order chi connectivity index (χ1) is 7.20. The summed E-state index contributed by atoms with van der Waals surface area (Å²) in [6.07, 6.45) is 0. The quantitative estimate of drug-likeness (QED) is 0.721. The molecule has 0 saturated heterocycles. The second kappa shape index (κ2) is 4.64. The van der Waals surface area contributed by atoms with Gasteiger partial charge in [-0.05, 0) is 19.1 Å². The van der Waals surface area contributed by atoms with Crippen molar-refractivity contribution in [3.8, 4) is 5.75 Å². The summed E-state index contributed by atoms with van der Waals surface area (Å²) in [5.74, 6) is -0.0533. The van der Waals surface area contributed by atoms with Crippen LogP contribution in [0, 0.1) is 6.92 Å².